The molecule has 1 nitrogen and oxygen atoms in total. The van der Waals surface area contributed by atoms with Gasteiger partial charge in [-0.2, -0.15) is 0 Å². The molecule has 0 saturated heterocycles. The quantitative estimate of drug-likeness (QED) is 0.481. The van der Waals surface area contributed by atoms with Crippen LogP contribution in [0.15, 0.2) is 12.7 Å². The van der Waals surface area contributed by atoms with Gasteiger partial charge in [-0.25, -0.2) is 0 Å². The van der Waals surface area contributed by atoms with Gasteiger partial charge in [0.05, 0.1) is 4.99 Å². The van der Waals surface area contributed by atoms with Gasteiger partial charge >= 0.3 is 0 Å². The van der Waals surface area contributed by atoms with Crippen LogP contribution in [0.1, 0.15) is 13.8 Å². The Morgan fingerprint density at radius 3 is 2.22 bits per heavy atom. The van der Waals surface area contributed by atoms with E-state index in [1.54, 1.807) is 0 Å². The van der Waals surface area contributed by atoms with Gasteiger partial charge in [0.15, 0.2) is 0 Å². The number of rotatable bonds is 3. The zero-order valence-corrected chi connectivity index (χ0v) is 6.74. The Labute approximate surface area is 61.9 Å². The molecule has 0 unspecified atom stereocenters. The summed E-state index contributed by atoms with van der Waals surface area (Å²) < 4.78 is 0. The Hall–Kier alpha value is -0.370. The van der Waals surface area contributed by atoms with Gasteiger partial charge in [-0.1, -0.05) is 32.1 Å². The minimum atomic E-state index is 0.275. The fourth-order valence-electron chi connectivity index (χ4n) is 0.463. The molecule has 0 spiro atoms. The summed E-state index contributed by atoms with van der Waals surface area (Å²) in [6, 6.07) is 0. The van der Waals surface area contributed by atoms with E-state index in [1.807, 2.05) is 13.0 Å². The van der Waals surface area contributed by atoms with Gasteiger partial charge in [-0.3, -0.25) is 0 Å². The topological polar surface area (TPSA) is 26.0 Å². The van der Waals surface area contributed by atoms with Crippen LogP contribution in [0.3, 0.4) is 0 Å². The Morgan fingerprint density at radius 2 is 2.11 bits per heavy atom. The standard InChI is InChI=1S/C7H13NS/c1-4-5(2)6(3)7(8)9/h4-6H,1H2,2-3H3,(H2,8,9)/t5-,6-/m0/s1. The summed E-state index contributed by atoms with van der Waals surface area (Å²) in [4.78, 5) is 0.572. The molecule has 2 N–H and O–H groups in total. The maximum absolute atomic E-state index is 5.40. The van der Waals surface area contributed by atoms with Gasteiger partial charge in [-0.05, 0) is 5.92 Å². The van der Waals surface area contributed by atoms with E-state index in [0.29, 0.717) is 10.9 Å². The zero-order valence-electron chi connectivity index (χ0n) is 5.92. The van der Waals surface area contributed by atoms with Crippen molar-refractivity contribution in [2.75, 3.05) is 0 Å². The summed E-state index contributed by atoms with van der Waals surface area (Å²) in [7, 11) is 0. The third kappa shape index (κ3) is 2.61. The van der Waals surface area contributed by atoms with Gasteiger partial charge in [0.25, 0.3) is 0 Å². The third-order valence-corrected chi connectivity index (χ3v) is 1.98. The van der Waals surface area contributed by atoms with Crippen molar-refractivity contribution in [2.24, 2.45) is 17.6 Å². The van der Waals surface area contributed by atoms with Gasteiger partial charge in [-0.15, -0.1) is 6.58 Å². The van der Waals surface area contributed by atoms with Crippen LogP contribution in [0.4, 0.5) is 0 Å². The average Bonchev–Trinajstić information content (AvgIpc) is 1.84. The SMILES string of the molecule is C=C[C@H](C)[C@H](C)C(N)=S. The highest BCUT2D eigenvalue weighted by molar-refractivity contribution is 7.80. The normalized spacial score (nSPS) is 16.2. The molecule has 0 aliphatic carbocycles. The van der Waals surface area contributed by atoms with Crippen LogP contribution in [-0.2, 0) is 0 Å². The summed E-state index contributed by atoms with van der Waals surface area (Å²) in [6.07, 6.45) is 1.86. The summed E-state index contributed by atoms with van der Waals surface area (Å²) in [5, 5.41) is 0. The maximum atomic E-state index is 5.40. The van der Waals surface area contributed by atoms with E-state index in [9.17, 15) is 0 Å². The van der Waals surface area contributed by atoms with E-state index < -0.39 is 0 Å². The molecule has 0 saturated carbocycles. The van der Waals surface area contributed by atoms with Crippen LogP contribution in [-0.4, -0.2) is 4.99 Å². The van der Waals surface area contributed by atoms with Crippen LogP contribution in [0.25, 0.3) is 0 Å². The molecule has 0 aliphatic rings. The highest BCUT2D eigenvalue weighted by Gasteiger charge is 2.09. The number of nitrogens with two attached hydrogens (primary N) is 1. The summed E-state index contributed by atoms with van der Waals surface area (Å²) in [5.41, 5.74) is 5.40. The van der Waals surface area contributed by atoms with Crippen molar-refractivity contribution in [2.45, 2.75) is 13.8 Å². The zero-order chi connectivity index (χ0) is 7.44. The first-order valence-electron chi connectivity index (χ1n) is 3.01. The molecular formula is C7H13NS. The van der Waals surface area contributed by atoms with Crippen molar-refractivity contribution in [3.05, 3.63) is 12.7 Å². The second-order valence-electron chi connectivity index (χ2n) is 2.29. The molecule has 0 fully saturated rings. The Kier molecular flexibility index (Phi) is 3.47. The lowest BCUT2D eigenvalue weighted by atomic mass is 9.96. The number of hydrogen-bond acceptors (Lipinski definition) is 1. The number of thiocarbonyl (C=S) groups is 1. The van der Waals surface area contributed by atoms with Crippen LogP contribution in [0.2, 0.25) is 0 Å². The molecular weight excluding hydrogens is 130 g/mol. The Balaban J connectivity index is 3.86. The molecule has 2 atom stereocenters. The van der Waals surface area contributed by atoms with E-state index in [2.05, 4.69) is 13.5 Å². The van der Waals surface area contributed by atoms with Crippen LogP contribution in [0, 0.1) is 11.8 Å². The van der Waals surface area contributed by atoms with Crippen molar-refractivity contribution < 1.29 is 0 Å². The van der Waals surface area contributed by atoms with Gasteiger partial charge in [0, 0.05) is 5.92 Å². The first kappa shape index (κ1) is 8.63. The first-order valence-corrected chi connectivity index (χ1v) is 3.42. The molecule has 0 aromatic heterocycles. The van der Waals surface area contributed by atoms with Crippen LogP contribution < -0.4 is 5.73 Å². The molecule has 0 radical (unpaired) electrons. The van der Waals surface area contributed by atoms with Crippen molar-refractivity contribution in [3.63, 3.8) is 0 Å². The van der Waals surface area contributed by atoms with E-state index in [4.69, 9.17) is 18.0 Å². The summed E-state index contributed by atoms with van der Waals surface area (Å²) in [6.45, 7) is 7.71. The molecule has 0 aliphatic heterocycles. The molecule has 2 heteroatoms. The van der Waals surface area contributed by atoms with Crippen molar-refractivity contribution >= 4 is 17.2 Å². The van der Waals surface area contributed by atoms with Crippen molar-refractivity contribution in [1.29, 1.82) is 0 Å². The van der Waals surface area contributed by atoms with Gasteiger partial charge in [0.2, 0.25) is 0 Å². The maximum Gasteiger partial charge on any atom is 0.0761 e. The highest BCUT2D eigenvalue weighted by atomic mass is 32.1. The number of allylic oxidation sites excluding steroid dienone is 1. The minimum Gasteiger partial charge on any atom is -0.393 e. The lowest BCUT2D eigenvalue weighted by molar-refractivity contribution is 0.594. The Morgan fingerprint density at radius 1 is 1.67 bits per heavy atom. The monoisotopic (exact) mass is 143 g/mol. The minimum absolute atomic E-state index is 0.275. The molecule has 0 bridgehead atoms. The van der Waals surface area contributed by atoms with E-state index in [0.717, 1.165) is 0 Å². The molecule has 0 amide bonds. The molecule has 0 rings (SSSR count). The molecule has 0 heterocycles. The fraction of sp³-hybridized carbons (Fsp3) is 0.571. The molecule has 52 valence electrons. The largest absolute Gasteiger partial charge is 0.393 e. The lowest BCUT2D eigenvalue weighted by Crippen LogP contribution is -2.22. The first-order chi connectivity index (χ1) is 4.09. The highest BCUT2D eigenvalue weighted by Crippen LogP contribution is 2.10. The molecule has 9 heavy (non-hydrogen) atoms. The van der Waals surface area contributed by atoms with E-state index in [-0.39, 0.29) is 5.92 Å². The van der Waals surface area contributed by atoms with E-state index in [1.165, 1.54) is 0 Å². The number of hydrogen-bond donors (Lipinski definition) is 1. The second-order valence-corrected chi connectivity index (χ2v) is 2.76. The van der Waals surface area contributed by atoms with E-state index >= 15 is 0 Å². The average molecular weight is 143 g/mol. The van der Waals surface area contributed by atoms with Crippen molar-refractivity contribution in [1.82, 2.24) is 0 Å². The predicted molar refractivity (Wildman–Crippen MR) is 45.3 cm³/mol. The molecule has 0 aromatic carbocycles. The lowest BCUT2D eigenvalue weighted by Gasteiger charge is -2.13. The summed E-state index contributed by atoms with van der Waals surface area (Å²) in [5.74, 6) is 0.667. The van der Waals surface area contributed by atoms with Gasteiger partial charge < -0.3 is 5.73 Å². The predicted octanol–water partition coefficient (Wildman–Crippen LogP) is 1.73. The summed E-state index contributed by atoms with van der Waals surface area (Å²) >= 11 is 4.79. The van der Waals surface area contributed by atoms with Crippen molar-refractivity contribution in [3.8, 4) is 0 Å². The second kappa shape index (κ2) is 3.62. The van der Waals surface area contributed by atoms with Crippen LogP contribution in [0.5, 0.6) is 0 Å². The smallest absolute Gasteiger partial charge is 0.0761 e. The Bertz CT molecular complexity index is 120. The molecule has 0 aromatic rings. The third-order valence-electron chi connectivity index (χ3n) is 1.61. The van der Waals surface area contributed by atoms with Crippen LogP contribution >= 0.6 is 12.2 Å². The fourth-order valence-corrected chi connectivity index (χ4v) is 0.678. The van der Waals surface area contributed by atoms with Gasteiger partial charge in [0.1, 0.15) is 0 Å².